The third kappa shape index (κ3) is 3.00. The van der Waals surface area contributed by atoms with Crippen LogP contribution in [0, 0.1) is 6.92 Å². The van der Waals surface area contributed by atoms with E-state index in [9.17, 15) is 4.79 Å². The highest BCUT2D eigenvalue weighted by Gasteiger charge is 2.41. The van der Waals surface area contributed by atoms with Crippen molar-refractivity contribution >= 4 is 27.5 Å². The van der Waals surface area contributed by atoms with Crippen LogP contribution in [0.15, 0.2) is 18.2 Å². The van der Waals surface area contributed by atoms with Gasteiger partial charge in [0.2, 0.25) is 0 Å². The first-order valence-electron chi connectivity index (χ1n) is 8.46. The lowest BCUT2D eigenvalue weighted by Crippen LogP contribution is -2.37. The van der Waals surface area contributed by atoms with Crippen molar-refractivity contribution in [1.82, 2.24) is 10.3 Å². The minimum atomic E-state index is -0.0148. The quantitative estimate of drug-likeness (QED) is 0.910. The maximum atomic E-state index is 12.5. The van der Waals surface area contributed by atoms with E-state index in [0.29, 0.717) is 12.2 Å². The van der Waals surface area contributed by atoms with E-state index < -0.39 is 0 Å². The Labute approximate surface area is 140 Å². The first-order valence-corrected chi connectivity index (χ1v) is 9.27. The summed E-state index contributed by atoms with van der Waals surface area (Å²) in [6, 6.07) is 5.90. The van der Waals surface area contributed by atoms with Gasteiger partial charge in [0, 0.05) is 5.56 Å². The van der Waals surface area contributed by atoms with E-state index in [0.717, 1.165) is 34.5 Å². The molecule has 1 aliphatic heterocycles. The maximum Gasteiger partial charge on any atom is 0.251 e. The van der Waals surface area contributed by atoms with Crippen LogP contribution < -0.4 is 5.32 Å². The number of aromatic nitrogens is 1. The topological polar surface area (TPSA) is 51.2 Å². The standard InChI is InChI=1S/C18H22N2O2S/c1-12-19-15-9-13(5-6-16(15)23-12)17(21)20-14-10-18(22-11-14)7-3-2-4-8-18/h5-6,9,14H,2-4,7-8,10-11H2,1H3,(H,20,21)/t14-/m0/s1. The molecule has 2 fully saturated rings. The number of hydrogen-bond acceptors (Lipinski definition) is 4. The Morgan fingerprint density at radius 2 is 2.17 bits per heavy atom. The van der Waals surface area contributed by atoms with Crippen molar-refractivity contribution in [1.29, 1.82) is 0 Å². The molecule has 1 N–H and O–H groups in total. The summed E-state index contributed by atoms with van der Waals surface area (Å²) in [6.07, 6.45) is 7.06. The Kier molecular flexibility index (Phi) is 3.85. The molecule has 1 aliphatic carbocycles. The number of nitrogens with zero attached hydrogens (tertiary/aromatic N) is 1. The number of fused-ring (bicyclic) bond motifs is 1. The third-order valence-electron chi connectivity index (χ3n) is 5.07. The molecule has 0 unspecified atom stereocenters. The summed E-state index contributed by atoms with van der Waals surface area (Å²) in [7, 11) is 0. The van der Waals surface area contributed by atoms with Crippen LogP contribution in [0.25, 0.3) is 10.2 Å². The molecule has 5 heteroatoms. The molecule has 2 heterocycles. The number of ether oxygens (including phenoxy) is 1. The molecule has 1 aromatic carbocycles. The fourth-order valence-electron chi connectivity index (χ4n) is 3.93. The fourth-order valence-corrected chi connectivity index (χ4v) is 4.74. The Hall–Kier alpha value is -1.46. The van der Waals surface area contributed by atoms with Gasteiger partial charge in [0.25, 0.3) is 5.91 Å². The molecule has 23 heavy (non-hydrogen) atoms. The first kappa shape index (κ1) is 15.1. The van der Waals surface area contributed by atoms with Crippen molar-refractivity contribution in [2.24, 2.45) is 0 Å². The zero-order valence-corrected chi connectivity index (χ0v) is 14.2. The van der Waals surface area contributed by atoms with E-state index in [-0.39, 0.29) is 17.6 Å². The van der Waals surface area contributed by atoms with Gasteiger partial charge in [-0.15, -0.1) is 11.3 Å². The molecule has 4 rings (SSSR count). The average Bonchev–Trinajstić information content (AvgIpc) is 3.10. The summed E-state index contributed by atoms with van der Waals surface area (Å²) in [5.74, 6) is -0.0148. The van der Waals surface area contributed by atoms with E-state index >= 15 is 0 Å². The van der Waals surface area contributed by atoms with Crippen LogP contribution in [-0.4, -0.2) is 29.1 Å². The van der Waals surface area contributed by atoms with E-state index in [1.165, 1.54) is 19.3 Å². The second-order valence-corrected chi connectivity index (χ2v) is 8.08. The highest BCUT2D eigenvalue weighted by atomic mass is 32.1. The molecule has 1 atom stereocenters. The zero-order valence-electron chi connectivity index (χ0n) is 13.4. The Balaban J connectivity index is 1.44. The second kappa shape index (κ2) is 5.87. The van der Waals surface area contributed by atoms with Crippen molar-refractivity contribution < 1.29 is 9.53 Å². The average molecular weight is 330 g/mol. The molecule has 2 aromatic rings. The third-order valence-corrected chi connectivity index (χ3v) is 6.02. The predicted molar refractivity (Wildman–Crippen MR) is 92.0 cm³/mol. The summed E-state index contributed by atoms with van der Waals surface area (Å²) in [6.45, 7) is 2.63. The highest BCUT2D eigenvalue weighted by Crippen LogP contribution is 2.39. The molecule has 1 spiro atoms. The number of amides is 1. The van der Waals surface area contributed by atoms with Gasteiger partial charge in [-0.3, -0.25) is 4.79 Å². The summed E-state index contributed by atoms with van der Waals surface area (Å²) >= 11 is 1.66. The highest BCUT2D eigenvalue weighted by molar-refractivity contribution is 7.18. The molecule has 0 bridgehead atoms. The molecule has 122 valence electrons. The SMILES string of the molecule is Cc1nc2cc(C(=O)N[C@@H]3COC4(CCCCC4)C3)ccc2s1. The number of nitrogens with one attached hydrogen (secondary N) is 1. The smallest absolute Gasteiger partial charge is 0.251 e. The Bertz CT molecular complexity index is 734. The summed E-state index contributed by atoms with van der Waals surface area (Å²) in [5.41, 5.74) is 1.63. The number of carbonyl (C=O) groups excluding carboxylic acids is 1. The molecular weight excluding hydrogens is 308 g/mol. The van der Waals surface area contributed by atoms with Crippen molar-refractivity contribution in [2.75, 3.05) is 6.61 Å². The van der Waals surface area contributed by atoms with Crippen LogP contribution >= 0.6 is 11.3 Å². The van der Waals surface area contributed by atoms with Gasteiger partial charge in [0.05, 0.1) is 33.5 Å². The van der Waals surface area contributed by atoms with Crippen LogP contribution in [0.4, 0.5) is 0 Å². The molecule has 4 nitrogen and oxygen atoms in total. The molecule has 1 saturated heterocycles. The van der Waals surface area contributed by atoms with E-state index in [4.69, 9.17) is 4.74 Å². The number of hydrogen-bond donors (Lipinski definition) is 1. The number of benzene rings is 1. The molecular formula is C18H22N2O2S. The van der Waals surface area contributed by atoms with Crippen LogP contribution in [0.3, 0.4) is 0 Å². The van der Waals surface area contributed by atoms with Crippen molar-refractivity contribution in [3.63, 3.8) is 0 Å². The monoisotopic (exact) mass is 330 g/mol. The molecule has 1 aromatic heterocycles. The number of carbonyl (C=O) groups is 1. The van der Waals surface area contributed by atoms with Crippen LogP contribution in [-0.2, 0) is 4.74 Å². The summed E-state index contributed by atoms with van der Waals surface area (Å²) in [4.78, 5) is 17.0. The Morgan fingerprint density at radius 3 is 3.00 bits per heavy atom. The molecule has 2 aliphatic rings. The first-order chi connectivity index (χ1) is 11.1. The molecule has 1 amide bonds. The van der Waals surface area contributed by atoms with Gasteiger partial charge in [0.15, 0.2) is 0 Å². The van der Waals surface area contributed by atoms with Crippen LogP contribution in [0.5, 0.6) is 0 Å². The van der Waals surface area contributed by atoms with E-state index in [1.807, 2.05) is 25.1 Å². The summed E-state index contributed by atoms with van der Waals surface area (Å²) in [5, 5.41) is 4.18. The lowest BCUT2D eigenvalue weighted by molar-refractivity contribution is -0.0246. The van der Waals surface area contributed by atoms with Gasteiger partial charge in [-0.2, -0.15) is 0 Å². The largest absolute Gasteiger partial charge is 0.373 e. The van der Waals surface area contributed by atoms with Crippen molar-refractivity contribution in [2.45, 2.75) is 57.1 Å². The van der Waals surface area contributed by atoms with Gasteiger partial charge in [-0.25, -0.2) is 4.98 Å². The fraction of sp³-hybridized carbons (Fsp3) is 0.556. The van der Waals surface area contributed by atoms with E-state index in [2.05, 4.69) is 10.3 Å². The number of aryl methyl sites for hydroxylation is 1. The van der Waals surface area contributed by atoms with Crippen molar-refractivity contribution in [3.8, 4) is 0 Å². The zero-order chi connectivity index (χ0) is 15.9. The minimum absolute atomic E-state index is 0.0148. The number of rotatable bonds is 2. The lowest BCUT2D eigenvalue weighted by Gasteiger charge is -2.32. The summed E-state index contributed by atoms with van der Waals surface area (Å²) < 4.78 is 7.21. The minimum Gasteiger partial charge on any atom is -0.373 e. The van der Waals surface area contributed by atoms with Gasteiger partial charge < -0.3 is 10.1 Å². The van der Waals surface area contributed by atoms with Crippen molar-refractivity contribution in [3.05, 3.63) is 28.8 Å². The van der Waals surface area contributed by atoms with Crippen LogP contribution in [0.1, 0.15) is 53.9 Å². The number of thiazole rings is 1. The van der Waals surface area contributed by atoms with Gasteiger partial charge >= 0.3 is 0 Å². The molecule has 1 saturated carbocycles. The second-order valence-electron chi connectivity index (χ2n) is 6.84. The van der Waals surface area contributed by atoms with E-state index in [1.54, 1.807) is 11.3 Å². The van der Waals surface area contributed by atoms with Crippen LogP contribution in [0.2, 0.25) is 0 Å². The van der Waals surface area contributed by atoms with Gasteiger partial charge in [-0.05, 0) is 44.4 Å². The Morgan fingerprint density at radius 1 is 1.35 bits per heavy atom. The van der Waals surface area contributed by atoms with Gasteiger partial charge in [-0.1, -0.05) is 19.3 Å². The molecule has 0 radical (unpaired) electrons. The van der Waals surface area contributed by atoms with Gasteiger partial charge in [0.1, 0.15) is 0 Å². The normalized spacial score (nSPS) is 23.4. The maximum absolute atomic E-state index is 12.5. The predicted octanol–water partition coefficient (Wildman–Crippen LogP) is 3.83. The lowest BCUT2D eigenvalue weighted by atomic mass is 9.82.